The van der Waals surface area contributed by atoms with Crippen LogP contribution in [0.25, 0.3) is 0 Å². The first kappa shape index (κ1) is 15.3. The number of unbranched alkanes of at least 4 members (excludes halogenated alkanes) is 4. The maximum absolute atomic E-state index is 2.47. The highest BCUT2D eigenvalue weighted by atomic mass is 15.2. The van der Waals surface area contributed by atoms with Crippen LogP contribution >= 0.6 is 0 Å². The summed E-state index contributed by atoms with van der Waals surface area (Å²) in [6, 6.07) is 0.577. The molecule has 1 heterocycles. The molecule has 0 spiro atoms. The normalized spacial score (nSPS) is 11.4. The third-order valence-electron chi connectivity index (χ3n) is 3.57. The number of aryl methyl sites for hydroxylation is 1. The fourth-order valence-electron chi connectivity index (χ4n) is 2.53. The van der Waals surface area contributed by atoms with Crippen molar-refractivity contribution in [1.82, 2.24) is 4.57 Å². The summed E-state index contributed by atoms with van der Waals surface area (Å²) in [4.78, 5) is 0. The molecular weight excluding hydrogens is 220 g/mol. The third-order valence-corrected chi connectivity index (χ3v) is 3.57. The highest BCUT2D eigenvalue weighted by Crippen LogP contribution is 2.09. The molecule has 0 amide bonds. The van der Waals surface area contributed by atoms with Crippen molar-refractivity contribution >= 4 is 0 Å². The Morgan fingerprint density at radius 3 is 2.39 bits per heavy atom. The summed E-state index contributed by atoms with van der Waals surface area (Å²) in [5, 5.41) is 0. The van der Waals surface area contributed by atoms with E-state index in [0.717, 1.165) is 0 Å². The van der Waals surface area contributed by atoms with E-state index < -0.39 is 0 Å². The first-order valence-electron chi connectivity index (χ1n) is 7.79. The maximum atomic E-state index is 2.47. The number of nitrogens with zero attached hydrogens (tertiary/aromatic N) is 2. The molecule has 2 nitrogen and oxygen atoms in total. The molecule has 1 aromatic heterocycles. The number of hydrogen-bond donors (Lipinski definition) is 0. The van der Waals surface area contributed by atoms with Crippen LogP contribution < -0.4 is 4.57 Å². The molecule has 0 aliphatic heterocycles. The molecule has 0 aromatic carbocycles. The summed E-state index contributed by atoms with van der Waals surface area (Å²) < 4.78 is 4.89. The molecule has 18 heavy (non-hydrogen) atoms. The molecule has 0 aliphatic rings. The highest BCUT2D eigenvalue weighted by molar-refractivity contribution is 4.86. The zero-order valence-electron chi connectivity index (χ0n) is 12.8. The minimum atomic E-state index is 0.577. The number of aromatic nitrogens is 2. The van der Waals surface area contributed by atoms with Crippen LogP contribution in [0.2, 0.25) is 0 Å². The molecule has 2 heteroatoms. The van der Waals surface area contributed by atoms with Gasteiger partial charge in [-0.2, -0.15) is 0 Å². The maximum Gasteiger partial charge on any atom is 0.256 e. The summed E-state index contributed by atoms with van der Waals surface area (Å²) in [6.45, 7) is 10.3. The Morgan fingerprint density at radius 1 is 1.06 bits per heavy atom. The largest absolute Gasteiger partial charge is 0.256 e. The zero-order chi connectivity index (χ0) is 13.4. The van der Waals surface area contributed by atoms with E-state index in [0.29, 0.717) is 6.04 Å². The molecule has 0 aliphatic carbocycles. The molecule has 0 saturated carbocycles. The Balaban J connectivity index is 2.53. The van der Waals surface area contributed by atoms with Crippen LogP contribution in [0.1, 0.15) is 78.1 Å². The zero-order valence-corrected chi connectivity index (χ0v) is 12.8. The lowest BCUT2D eigenvalue weighted by atomic mass is 10.1. The van der Waals surface area contributed by atoms with Gasteiger partial charge in [0.2, 0.25) is 0 Å². The van der Waals surface area contributed by atoms with Gasteiger partial charge in [-0.1, -0.05) is 33.1 Å². The van der Waals surface area contributed by atoms with E-state index >= 15 is 0 Å². The average molecular weight is 251 g/mol. The van der Waals surface area contributed by atoms with Gasteiger partial charge in [0.25, 0.3) is 5.82 Å². The second-order valence-corrected chi connectivity index (χ2v) is 5.57. The van der Waals surface area contributed by atoms with Crippen LogP contribution in [0, 0.1) is 0 Å². The minimum absolute atomic E-state index is 0.577. The lowest BCUT2D eigenvalue weighted by Gasteiger charge is -2.07. The van der Waals surface area contributed by atoms with Gasteiger partial charge in [0.1, 0.15) is 12.4 Å². The Morgan fingerprint density at radius 2 is 1.78 bits per heavy atom. The quantitative estimate of drug-likeness (QED) is 0.457. The molecule has 104 valence electrons. The number of rotatable bonds is 9. The SMILES string of the molecule is CCCCCCC[n+]1ccn(C(C)C)c1CCC. The van der Waals surface area contributed by atoms with Crippen molar-refractivity contribution in [1.29, 1.82) is 0 Å². The van der Waals surface area contributed by atoms with Crippen molar-refractivity contribution in [3.8, 4) is 0 Å². The van der Waals surface area contributed by atoms with E-state index in [1.165, 1.54) is 57.3 Å². The van der Waals surface area contributed by atoms with Gasteiger partial charge in [0.15, 0.2) is 0 Å². The van der Waals surface area contributed by atoms with E-state index in [-0.39, 0.29) is 0 Å². The lowest BCUT2D eigenvalue weighted by Crippen LogP contribution is -2.37. The monoisotopic (exact) mass is 251 g/mol. The van der Waals surface area contributed by atoms with E-state index in [2.05, 4.69) is 49.2 Å². The molecule has 0 fully saturated rings. The van der Waals surface area contributed by atoms with Gasteiger partial charge >= 0.3 is 0 Å². The summed E-state index contributed by atoms with van der Waals surface area (Å²) in [7, 11) is 0. The van der Waals surface area contributed by atoms with Crippen molar-refractivity contribution in [3.63, 3.8) is 0 Å². The molecule has 1 rings (SSSR count). The van der Waals surface area contributed by atoms with Gasteiger partial charge in [-0.3, -0.25) is 0 Å². The van der Waals surface area contributed by atoms with E-state index in [1.54, 1.807) is 0 Å². The smallest absolute Gasteiger partial charge is 0.234 e. The highest BCUT2D eigenvalue weighted by Gasteiger charge is 2.17. The van der Waals surface area contributed by atoms with Crippen molar-refractivity contribution in [2.75, 3.05) is 0 Å². The van der Waals surface area contributed by atoms with Crippen molar-refractivity contribution in [3.05, 3.63) is 18.2 Å². The predicted molar refractivity (Wildman–Crippen MR) is 77.8 cm³/mol. The Hall–Kier alpha value is -0.790. The number of hydrogen-bond acceptors (Lipinski definition) is 0. The Kier molecular flexibility index (Phi) is 7.07. The summed E-state index contributed by atoms with van der Waals surface area (Å²) in [6.07, 6.45) is 13.8. The van der Waals surface area contributed by atoms with E-state index in [1.807, 2.05) is 0 Å². The summed E-state index contributed by atoms with van der Waals surface area (Å²) in [5.41, 5.74) is 0. The first-order valence-corrected chi connectivity index (χ1v) is 7.79. The molecule has 0 unspecified atom stereocenters. The molecule has 0 bridgehead atoms. The predicted octanol–water partition coefficient (Wildman–Crippen LogP) is 4.28. The lowest BCUT2D eigenvalue weighted by molar-refractivity contribution is -0.704. The molecular formula is C16H31N2+. The Bertz CT molecular complexity index is 326. The summed E-state index contributed by atoms with van der Waals surface area (Å²) >= 11 is 0. The summed E-state index contributed by atoms with van der Waals surface area (Å²) in [5.74, 6) is 1.50. The molecule has 0 radical (unpaired) electrons. The van der Waals surface area contributed by atoms with Crippen LogP contribution in [-0.4, -0.2) is 4.57 Å². The van der Waals surface area contributed by atoms with Crippen LogP contribution in [0.5, 0.6) is 0 Å². The van der Waals surface area contributed by atoms with Gasteiger partial charge < -0.3 is 0 Å². The van der Waals surface area contributed by atoms with Gasteiger partial charge in [-0.15, -0.1) is 0 Å². The molecule has 0 N–H and O–H groups in total. The standard InChI is InChI=1S/C16H31N2/c1-5-7-8-9-10-12-17-13-14-18(15(3)4)16(17)11-6-2/h13-15H,5-12H2,1-4H3/q+1. The second-order valence-electron chi connectivity index (χ2n) is 5.57. The molecule has 0 saturated heterocycles. The Labute approximate surface area is 113 Å². The van der Waals surface area contributed by atoms with Crippen LogP contribution in [0.4, 0.5) is 0 Å². The van der Waals surface area contributed by atoms with E-state index in [9.17, 15) is 0 Å². The van der Waals surface area contributed by atoms with Crippen LogP contribution in [0.3, 0.4) is 0 Å². The number of imidazole rings is 1. The van der Waals surface area contributed by atoms with E-state index in [4.69, 9.17) is 0 Å². The van der Waals surface area contributed by atoms with Crippen molar-refractivity contribution in [2.45, 2.75) is 85.2 Å². The molecule has 0 atom stereocenters. The first-order chi connectivity index (χ1) is 8.70. The van der Waals surface area contributed by atoms with Crippen LogP contribution in [0.15, 0.2) is 12.4 Å². The average Bonchev–Trinajstić information content (AvgIpc) is 2.73. The topological polar surface area (TPSA) is 8.81 Å². The van der Waals surface area contributed by atoms with Gasteiger partial charge in [-0.25, -0.2) is 9.13 Å². The third kappa shape index (κ3) is 4.47. The van der Waals surface area contributed by atoms with Gasteiger partial charge in [-0.05, 0) is 33.1 Å². The van der Waals surface area contributed by atoms with Crippen molar-refractivity contribution in [2.24, 2.45) is 0 Å². The fourth-order valence-corrected chi connectivity index (χ4v) is 2.53. The molecule has 1 aromatic rings. The van der Waals surface area contributed by atoms with Gasteiger partial charge in [0.05, 0.1) is 12.6 Å². The fraction of sp³-hybridized carbons (Fsp3) is 0.812. The van der Waals surface area contributed by atoms with Crippen molar-refractivity contribution < 1.29 is 4.57 Å². The minimum Gasteiger partial charge on any atom is -0.234 e. The van der Waals surface area contributed by atoms with Gasteiger partial charge in [0, 0.05) is 6.42 Å². The second kappa shape index (κ2) is 8.34. The van der Waals surface area contributed by atoms with Crippen LogP contribution in [-0.2, 0) is 13.0 Å².